The van der Waals surface area contributed by atoms with Crippen LogP contribution in [0.2, 0.25) is 0 Å². The number of nitrogens with zero attached hydrogens (tertiary/aromatic N) is 1. The highest BCUT2D eigenvalue weighted by Crippen LogP contribution is 2.15. The Morgan fingerprint density at radius 1 is 1.35 bits per heavy atom. The fourth-order valence-corrected chi connectivity index (χ4v) is 1.94. The monoisotopic (exact) mass is 274 g/mol. The molecule has 0 radical (unpaired) electrons. The summed E-state index contributed by atoms with van der Waals surface area (Å²) < 4.78 is 13.8. The molecule has 0 atom stereocenters. The summed E-state index contributed by atoms with van der Waals surface area (Å²) in [6.07, 6.45) is 1.99. The van der Waals surface area contributed by atoms with E-state index in [1.165, 1.54) is 11.8 Å². The first-order valence-electron chi connectivity index (χ1n) is 6.25. The molecule has 0 aliphatic heterocycles. The van der Waals surface area contributed by atoms with Crippen molar-refractivity contribution >= 4 is 11.8 Å². The highest BCUT2D eigenvalue weighted by molar-refractivity contribution is 5.88. The predicted molar refractivity (Wildman–Crippen MR) is 74.5 cm³/mol. The number of aromatic nitrogens is 1. The average molecular weight is 274 g/mol. The molecule has 1 heterocycles. The number of carbonyl (C=O) groups is 1. The standard InChI is InChI=1S/C15H15FN2O2/c1-10-4-2-3-5-11(10)6-8-17-14-13(16)12(15(19)20)7-9-18-14/h2-5,7,9H,6,8H2,1H3,(H,17,18)(H,19,20). The van der Waals surface area contributed by atoms with E-state index in [1.807, 2.05) is 31.2 Å². The molecule has 2 aromatic rings. The molecule has 0 saturated carbocycles. The second-order valence-electron chi connectivity index (χ2n) is 4.43. The van der Waals surface area contributed by atoms with Gasteiger partial charge >= 0.3 is 5.97 Å². The van der Waals surface area contributed by atoms with Crippen molar-refractivity contribution < 1.29 is 14.3 Å². The van der Waals surface area contributed by atoms with Gasteiger partial charge in [0.15, 0.2) is 11.6 Å². The van der Waals surface area contributed by atoms with Crippen molar-refractivity contribution in [2.75, 3.05) is 11.9 Å². The molecule has 0 fully saturated rings. The summed E-state index contributed by atoms with van der Waals surface area (Å²) >= 11 is 0. The molecular weight excluding hydrogens is 259 g/mol. The highest BCUT2D eigenvalue weighted by Gasteiger charge is 2.14. The van der Waals surface area contributed by atoms with Crippen molar-refractivity contribution in [3.8, 4) is 0 Å². The number of carboxylic acids is 1. The third-order valence-corrected chi connectivity index (χ3v) is 3.07. The predicted octanol–water partition coefficient (Wildman–Crippen LogP) is 2.88. The number of hydrogen-bond donors (Lipinski definition) is 2. The zero-order chi connectivity index (χ0) is 14.5. The Hall–Kier alpha value is -2.43. The van der Waals surface area contributed by atoms with Gasteiger partial charge in [-0.05, 0) is 30.5 Å². The molecule has 5 heteroatoms. The van der Waals surface area contributed by atoms with Crippen LogP contribution in [0.15, 0.2) is 36.5 Å². The quantitative estimate of drug-likeness (QED) is 0.880. The second kappa shape index (κ2) is 6.14. The van der Waals surface area contributed by atoms with Gasteiger partial charge in [0.05, 0.1) is 0 Å². The van der Waals surface area contributed by atoms with E-state index >= 15 is 0 Å². The third-order valence-electron chi connectivity index (χ3n) is 3.07. The lowest BCUT2D eigenvalue weighted by molar-refractivity contribution is 0.0692. The van der Waals surface area contributed by atoms with Gasteiger partial charge in [-0.3, -0.25) is 0 Å². The normalized spacial score (nSPS) is 10.3. The topological polar surface area (TPSA) is 62.2 Å². The molecule has 0 unspecified atom stereocenters. The van der Waals surface area contributed by atoms with E-state index < -0.39 is 11.8 Å². The fourth-order valence-electron chi connectivity index (χ4n) is 1.94. The maximum absolute atomic E-state index is 13.8. The van der Waals surface area contributed by atoms with E-state index in [0.717, 1.165) is 11.6 Å². The van der Waals surface area contributed by atoms with Gasteiger partial charge in [0.25, 0.3) is 0 Å². The van der Waals surface area contributed by atoms with Crippen LogP contribution in [0, 0.1) is 12.7 Å². The van der Waals surface area contributed by atoms with Crippen LogP contribution in [0.25, 0.3) is 0 Å². The molecule has 0 amide bonds. The SMILES string of the molecule is Cc1ccccc1CCNc1nccc(C(=O)O)c1F. The van der Waals surface area contributed by atoms with E-state index in [0.29, 0.717) is 13.0 Å². The number of hydrogen-bond acceptors (Lipinski definition) is 3. The molecule has 1 aromatic carbocycles. The van der Waals surface area contributed by atoms with Gasteiger partial charge in [0.1, 0.15) is 5.56 Å². The van der Waals surface area contributed by atoms with Crippen molar-refractivity contribution in [2.24, 2.45) is 0 Å². The first-order chi connectivity index (χ1) is 9.59. The number of rotatable bonds is 5. The average Bonchev–Trinajstić information content (AvgIpc) is 2.42. The van der Waals surface area contributed by atoms with Crippen LogP contribution in [0.4, 0.5) is 10.2 Å². The zero-order valence-electron chi connectivity index (χ0n) is 11.1. The molecule has 104 valence electrons. The van der Waals surface area contributed by atoms with Crippen LogP contribution in [0.1, 0.15) is 21.5 Å². The molecule has 20 heavy (non-hydrogen) atoms. The second-order valence-corrected chi connectivity index (χ2v) is 4.43. The zero-order valence-corrected chi connectivity index (χ0v) is 11.1. The van der Waals surface area contributed by atoms with Crippen molar-refractivity contribution in [1.29, 1.82) is 0 Å². The summed E-state index contributed by atoms with van der Waals surface area (Å²) in [6.45, 7) is 2.50. The van der Waals surface area contributed by atoms with Crippen molar-refractivity contribution in [3.05, 3.63) is 59.0 Å². The van der Waals surface area contributed by atoms with Crippen LogP contribution < -0.4 is 5.32 Å². The largest absolute Gasteiger partial charge is 0.478 e. The molecular formula is C15H15FN2O2. The Morgan fingerprint density at radius 3 is 2.80 bits per heavy atom. The van der Waals surface area contributed by atoms with Gasteiger partial charge in [-0.15, -0.1) is 0 Å². The number of aryl methyl sites for hydroxylation is 1. The number of aromatic carboxylic acids is 1. The number of benzene rings is 1. The van der Waals surface area contributed by atoms with Gasteiger partial charge < -0.3 is 10.4 Å². The minimum absolute atomic E-state index is 0.0292. The summed E-state index contributed by atoms with van der Waals surface area (Å²) in [5.41, 5.74) is 1.95. The van der Waals surface area contributed by atoms with E-state index in [9.17, 15) is 9.18 Å². The Balaban J connectivity index is 2.03. The van der Waals surface area contributed by atoms with Gasteiger partial charge in [0.2, 0.25) is 0 Å². The Morgan fingerprint density at radius 2 is 2.10 bits per heavy atom. The number of anilines is 1. The number of pyridine rings is 1. The van der Waals surface area contributed by atoms with Crippen molar-refractivity contribution in [3.63, 3.8) is 0 Å². The van der Waals surface area contributed by atoms with Crippen molar-refractivity contribution in [2.45, 2.75) is 13.3 Å². The van der Waals surface area contributed by atoms with Crippen LogP contribution in [-0.4, -0.2) is 22.6 Å². The molecule has 1 aromatic heterocycles. The van der Waals surface area contributed by atoms with E-state index in [1.54, 1.807) is 0 Å². The highest BCUT2D eigenvalue weighted by atomic mass is 19.1. The van der Waals surface area contributed by atoms with Crippen LogP contribution in [-0.2, 0) is 6.42 Å². The first kappa shape index (κ1) is 14.0. The molecule has 4 nitrogen and oxygen atoms in total. The lowest BCUT2D eigenvalue weighted by Crippen LogP contribution is -2.11. The minimum atomic E-state index is -1.30. The summed E-state index contributed by atoms with van der Waals surface area (Å²) in [4.78, 5) is 14.6. The number of halogens is 1. The van der Waals surface area contributed by atoms with Gasteiger partial charge in [0, 0.05) is 12.7 Å². The van der Waals surface area contributed by atoms with Crippen LogP contribution >= 0.6 is 0 Å². The minimum Gasteiger partial charge on any atom is -0.478 e. The molecule has 2 N–H and O–H groups in total. The Bertz CT molecular complexity index is 629. The molecule has 0 aliphatic rings. The smallest absolute Gasteiger partial charge is 0.338 e. The van der Waals surface area contributed by atoms with Gasteiger partial charge in [-0.25, -0.2) is 14.2 Å². The molecule has 0 spiro atoms. The third kappa shape index (κ3) is 3.12. The first-order valence-corrected chi connectivity index (χ1v) is 6.25. The lowest BCUT2D eigenvalue weighted by Gasteiger charge is -2.09. The fraction of sp³-hybridized carbons (Fsp3) is 0.200. The maximum atomic E-state index is 13.8. The maximum Gasteiger partial charge on any atom is 0.338 e. The summed E-state index contributed by atoms with van der Waals surface area (Å²) in [7, 11) is 0. The molecule has 0 bridgehead atoms. The van der Waals surface area contributed by atoms with Crippen LogP contribution in [0.3, 0.4) is 0 Å². The molecule has 0 saturated heterocycles. The lowest BCUT2D eigenvalue weighted by atomic mass is 10.1. The van der Waals surface area contributed by atoms with Gasteiger partial charge in [-0.1, -0.05) is 24.3 Å². The number of nitrogens with one attached hydrogen (secondary N) is 1. The summed E-state index contributed by atoms with van der Waals surface area (Å²) in [6, 6.07) is 9.08. The molecule has 2 rings (SSSR count). The number of carboxylic acid groups (broad SMARTS) is 1. The van der Waals surface area contributed by atoms with E-state index in [-0.39, 0.29) is 11.4 Å². The van der Waals surface area contributed by atoms with Crippen molar-refractivity contribution in [1.82, 2.24) is 4.98 Å². The Kier molecular flexibility index (Phi) is 4.30. The summed E-state index contributed by atoms with van der Waals surface area (Å²) in [5, 5.41) is 11.7. The van der Waals surface area contributed by atoms with E-state index in [4.69, 9.17) is 5.11 Å². The Labute approximate surface area is 116 Å². The summed E-state index contributed by atoms with van der Waals surface area (Å²) in [5.74, 6) is -2.16. The molecule has 0 aliphatic carbocycles. The van der Waals surface area contributed by atoms with Gasteiger partial charge in [-0.2, -0.15) is 0 Å². The van der Waals surface area contributed by atoms with Crippen LogP contribution in [0.5, 0.6) is 0 Å². The van der Waals surface area contributed by atoms with E-state index in [2.05, 4.69) is 10.3 Å².